The molecule has 0 spiro atoms. The number of carbonyl (C=O) groups is 1. The highest BCUT2D eigenvalue weighted by molar-refractivity contribution is 5.74. The molecule has 2 aliphatic heterocycles. The molecule has 0 aromatic heterocycles. The van der Waals surface area contributed by atoms with E-state index in [9.17, 15) is 4.79 Å². The fourth-order valence-electron chi connectivity index (χ4n) is 3.99. The summed E-state index contributed by atoms with van der Waals surface area (Å²) in [6.45, 7) is 2.78. The summed E-state index contributed by atoms with van der Waals surface area (Å²) in [5.74, 6) is 1.48. The number of piperidine rings is 1. The molecule has 0 radical (unpaired) electrons. The molecule has 25 heavy (non-hydrogen) atoms. The second kappa shape index (κ2) is 7.95. The highest BCUT2D eigenvalue weighted by Gasteiger charge is 2.36. The van der Waals surface area contributed by atoms with Crippen LogP contribution >= 0.6 is 0 Å². The van der Waals surface area contributed by atoms with Crippen molar-refractivity contribution in [3.63, 3.8) is 0 Å². The molecule has 2 aliphatic rings. The molecule has 138 valence electrons. The average molecular weight is 347 g/mol. The van der Waals surface area contributed by atoms with E-state index < -0.39 is 0 Å². The number of benzene rings is 1. The molecule has 2 saturated heterocycles. The van der Waals surface area contributed by atoms with Crippen LogP contribution in [-0.2, 0) is 6.54 Å². The Labute approximate surface area is 150 Å². The maximum atomic E-state index is 12.6. The summed E-state index contributed by atoms with van der Waals surface area (Å²) in [4.78, 5) is 16.9. The first-order valence-corrected chi connectivity index (χ1v) is 9.09. The van der Waals surface area contributed by atoms with E-state index in [0.717, 1.165) is 30.0 Å². The molecule has 0 aliphatic carbocycles. The van der Waals surface area contributed by atoms with Crippen molar-refractivity contribution in [3.8, 4) is 11.5 Å². The van der Waals surface area contributed by atoms with Crippen LogP contribution < -0.4 is 14.8 Å². The molecule has 1 aromatic rings. The van der Waals surface area contributed by atoms with Crippen LogP contribution in [0.1, 0.15) is 31.2 Å². The van der Waals surface area contributed by atoms with Gasteiger partial charge in [0.05, 0.1) is 20.8 Å². The van der Waals surface area contributed by atoms with Gasteiger partial charge in [-0.25, -0.2) is 4.79 Å². The molecule has 6 heteroatoms. The Hall–Kier alpha value is -1.95. The van der Waals surface area contributed by atoms with E-state index >= 15 is 0 Å². The quantitative estimate of drug-likeness (QED) is 0.889. The second-order valence-electron chi connectivity index (χ2n) is 6.98. The highest BCUT2D eigenvalue weighted by atomic mass is 16.5. The van der Waals surface area contributed by atoms with Gasteiger partial charge in [0.1, 0.15) is 11.5 Å². The van der Waals surface area contributed by atoms with Gasteiger partial charge in [-0.3, -0.25) is 4.90 Å². The van der Waals surface area contributed by atoms with Crippen LogP contribution in [0.2, 0.25) is 0 Å². The van der Waals surface area contributed by atoms with Crippen LogP contribution in [0.3, 0.4) is 0 Å². The molecule has 1 aromatic carbocycles. The van der Waals surface area contributed by atoms with E-state index in [1.807, 2.05) is 25.2 Å². The second-order valence-corrected chi connectivity index (χ2v) is 6.98. The number of fused-ring (bicyclic) bond motifs is 1. The van der Waals surface area contributed by atoms with Gasteiger partial charge >= 0.3 is 6.03 Å². The lowest BCUT2D eigenvalue weighted by molar-refractivity contribution is 0.170. The number of amides is 2. The van der Waals surface area contributed by atoms with Gasteiger partial charge in [-0.2, -0.15) is 0 Å². The lowest BCUT2D eigenvalue weighted by Gasteiger charge is -2.33. The van der Waals surface area contributed by atoms with Gasteiger partial charge in [0, 0.05) is 37.3 Å². The summed E-state index contributed by atoms with van der Waals surface area (Å²) >= 11 is 0. The number of methoxy groups -OCH3 is 2. The minimum atomic E-state index is -0.0182. The molecule has 0 saturated carbocycles. The maximum absolute atomic E-state index is 12.6. The molecular weight excluding hydrogens is 318 g/mol. The minimum Gasteiger partial charge on any atom is -0.497 e. The smallest absolute Gasteiger partial charge is 0.317 e. The van der Waals surface area contributed by atoms with Gasteiger partial charge in [-0.1, -0.05) is 6.42 Å². The fraction of sp³-hybridized carbons (Fsp3) is 0.632. The largest absolute Gasteiger partial charge is 0.497 e. The predicted octanol–water partition coefficient (Wildman–Crippen LogP) is 2.47. The van der Waals surface area contributed by atoms with Crippen molar-refractivity contribution < 1.29 is 14.3 Å². The van der Waals surface area contributed by atoms with Crippen molar-refractivity contribution in [1.29, 1.82) is 0 Å². The SMILES string of the molecule is COc1ccc(CN(C)C(=O)N[C@@H]2CCN3CCCC[C@H]23)c(OC)c1. The topological polar surface area (TPSA) is 54.0 Å². The van der Waals surface area contributed by atoms with Crippen molar-refractivity contribution in [3.05, 3.63) is 23.8 Å². The van der Waals surface area contributed by atoms with Gasteiger partial charge in [-0.15, -0.1) is 0 Å². The zero-order valence-electron chi connectivity index (χ0n) is 15.5. The summed E-state index contributed by atoms with van der Waals surface area (Å²) in [5.41, 5.74) is 0.965. The van der Waals surface area contributed by atoms with Crippen molar-refractivity contribution in [2.45, 2.75) is 44.3 Å². The first kappa shape index (κ1) is 17.9. The maximum Gasteiger partial charge on any atom is 0.317 e. The van der Waals surface area contributed by atoms with Crippen LogP contribution in [0.5, 0.6) is 11.5 Å². The third-order valence-corrected chi connectivity index (χ3v) is 5.41. The molecule has 2 atom stereocenters. The van der Waals surface area contributed by atoms with Gasteiger partial charge in [0.25, 0.3) is 0 Å². The minimum absolute atomic E-state index is 0.0182. The van der Waals surface area contributed by atoms with E-state index in [1.165, 1.54) is 25.8 Å². The number of hydrogen-bond acceptors (Lipinski definition) is 4. The average Bonchev–Trinajstić information content (AvgIpc) is 3.05. The van der Waals surface area contributed by atoms with E-state index in [0.29, 0.717) is 12.6 Å². The van der Waals surface area contributed by atoms with Crippen molar-refractivity contribution in [2.24, 2.45) is 0 Å². The molecule has 3 rings (SSSR count). The number of nitrogens with one attached hydrogen (secondary N) is 1. The van der Waals surface area contributed by atoms with Crippen molar-refractivity contribution in [1.82, 2.24) is 15.1 Å². The number of nitrogens with zero attached hydrogens (tertiary/aromatic N) is 2. The Morgan fingerprint density at radius 3 is 2.84 bits per heavy atom. The van der Waals surface area contributed by atoms with Crippen LogP contribution in [0.25, 0.3) is 0 Å². The Balaban J connectivity index is 1.59. The molecule has 6 nitrogen and oxygen atoms in total. The summed E-state index contributed by atoms with van der Waals surface area (Å²) in [6, 6.07) is 6.45. The Morgan fingerprint density at radius 2 is 2.08 bits per heavy atom. The molecular formula is C19H29N3O3. The van der Waals surface area contributed by atoms with Gasteiger partial charge in [0.15, 0.2) is 0 Å². The first-order chi connectivity index (χ1) is 12.1. The molecule has 0 bridgehead atoms. The fourth-order valence-corrected chi connectivity index (χ4v) is 3.99. The standard InChI is InChI=1S/C19H29N3O3/c1-21(13-14-7-8-15(24-2)12-18(14)25-3)19(23)20-16-9-11-22-10-5-4-6-17(16)22/h7-8,12,16-17H,4-6,9-11,13H2,1-3H3,(H,20,23)/t16-,17-/m1/s1. The highest BCUT2D eigenvalue weighted by Crippen LogP contribution is 2.28. The third kappa shape index (κ3) is 4.00. The lowest BCUT2D eigenvalue weighted by atomic mass is 9.99. The normalized spacial score (nSPS) is 23.0. The summed E-state index contributed by atoms with van der Waals surface area (Å²) < 4.78 is 10.7. The molecule has 2 heterocycles. The zero-order valence-corrected chi connectivity index (χ0v) is 15.5. The molecule has 2 amide bonds. The van der Waals surface area contributed by atoms with Gasteiger partial charge < -0.3 is 19.7 Å². The number of urea groups is 1. The van der Waals surface area contributed by atoms with Gasteiger partial charge in [0.2, 0.25) is 0 Å². The number of ether oxygens (including phenoxy) is 2. The number of hydrogen-bond donors (Lipinski definition) is 1. The first-order valence-electron chi connectivity index (χ1n) is 9.09. The summed E-state index contributed by atoms with van der Waals surface area (Å²) in [7, 11) is 5.09. The van der Waals surface area contributed by atoms with E-state index in [-0.39, 0.29) is 12.1 Å². The number of carbonyl (C=O) groups excluding carboxylic acids is 1. The van der Waals surface area contributed by atoms with Crippen LogP contribution in [-0.4, -0.2) is 62.3 Å². The third-order valence-electron chi connectivity index (χ3n) is 5.41. The van der Waals surface area contributed by atoms with Crippen LogP contribution in [0.4, 0.5) is 4.79 Å². The van der Waals surface area contributed by atoms with Gasteiger partial charge in [-0.05, 0) is 37.9 Å². The zero-order chi connectivity index (χ0) is 17.8. The van der Waals surface area contributed by atoms with Crippen molar-refractivity contribution >= 4 is 6.03 Å². The molecule has 0 unspecified atom stereocenters. The predicted molar refractivity (Wildman–Crippen MR) is 97.2 cm³/mol. The summed E-state index contributed by atoms with van der Waals surface area (Å²) in [5, 5.41) is 3.24. The molecule has 2 fully saturated rings. The van der Waals surface area contributed by atoms with E-state index in [2.05, 4.69) is 10.2 Å². The molecule has 1 N–H and O–H groups in total. The summed E-state index contributed by atoms with van der Waals surface area (Å²) in [6.07, 6.45) is 4.80. The Bertz CT molecular complexity index is 608. The van der Waals surface area contributed by atoms with E-state index in [4.69, 9.17) is 9.47 Å². The van der Waals surface area contributed by atoms with Crippen LogP contribution in [0.15, 0.2) is 18.2 Å². The number of rotatable bonds is 5. The van der Waals surface area contributed by atoms with E-state index in [1.54, 1.807) is 19.1 Å². The lowest BCUT2D eigenvalue weighted by Crippen LogP contribution is -2.49. The van der Waals surface area contributed by atoms with Crippen LogP contribution in [0, 0.1) is 0 Å². The monoisotopic (exact) mass is 347 g/mol. The Kier molecular flexibility index (Phi) is 5.68. The Morgan fingerprint density at radius 1 is 1.24 bits per heavy atom. The van der Waals surface area contributed by atoms with Crippen molar-refractivity contribution in [2.75, 3.05) is 34.4 Å².